The number of nitrogens with zero attached hydrogens (tertiary/aromatic N) is 5. The minimum Gasteiger partial charge on any atom is -0.396 e. The Labute approximate surface area is 195 Å². The van der Waals surface area contributed by atoms with Gasteiger partial charge in [0.1, 0.15) is 0 Å². The molecule has 1 aliphatic rings. The number of fused-ring (bicyclic) bond motifs is 1. The van der Waals surface area contributed by atoms with E-state index in [1.165, 1.54) is 18.4 Å². The lowest BCUT2D eigenvalue weighted by molar-refractivity contribution is 0.145. The lowest BCUT2D eigenvalue weighted by Crippen LogP contribution is -2.34. The zero-order valence-corrected chi connectivity index (χ0v) is 20.0. The third-order valence-corrected chi connectivity index (χ3v) is 6.84. The number of aromatic amines is 1. The van der Waals surface area contributed by atoms with E-state index in [4.69, 9.17) is 0 Å². The summed E-state index contributed by atoms with van der Waals surface area (Å²) in [6.07, 6.45) is 7.14. The Morgan fingerprint density at radius 3 is 2.76 bits per heavy atom. The van der Waals surface area contributed by atoms with Gasteiger partial charge in [0.25, 0.3) is 5.56 Å². The number of hydrogen-bond acceptors (Lipinski definition) is 6. The first-order valence-corrected chi connectivity index (χ1v) is 12.3. The maximum absolute atomic E-state index is 13.0. The van der Waals surface area contributed by atoms with Crippen molar-refractivity contribution in [2.24, 2.45) is 0 Å². The number of tetrazole rings is 1. The zero-order valence-electron chi connectivity index (χ0n) is 20.0. The van der Waals surface area contributed by atoms with Gasteiger partial charge in [0.15, 0.2) is 5.82 Å². The number of rotatable bonds is 10. The molecular weight excluding hydrogens is 416 g/mol. The molecule has 8 nitrogen and oxygen atoms in total. The second-order valence-electron chi connectivity index (χ2n) is 9.44. The predicted molar refractivity (Wildman–Crippen MR) is 129 cm³/mol. The van der Waals surface area contributed by atoms with Crippen LogP contribution >= 0.6 is 0 Å². The number of pyridine rings is 1. The fraction of sp³-hybridized carbons (Fsp3) is 0.600. The standard InChI is InChI=1S/C25H36N6O2/c1-4-8-22(24-27-28-29-31(24)21-9-5-6-10-21)30(11-7-12-32)16-20-15-19-14-17(2)13-18(3)23(19)26-25(20)33/h13-15,21-22,32H,4-12,16H2,1-3H3,(H,26,33)/t22-/m0/s1. The van der Waals surface area contributed by atoms with E-state index >= 15 is 0 Å². The molecule has 4 rings (SSSR count). The van der Waals surface area contributed by atoms with Gasteiger partial charge in [-0.3, -0.25) is 9.69 Å². The van der Waals surface area contributed by atoms with E-state index in [-0.39, 0.29) is 18.2 Å². The number of aliphatic hydroxyl groups is 1. The van der Waals surface area contributed by atoms with Crippen LogP contribution in [0.25, 0.3) is 10.9 Å². The Morgan fingerprint density at radius 2 is 2.03 bits per heavy atom. The average Bonchev–Trinajstić information content (AvgIpc) is 3.48. The monoisotopic (exact) mass is 452 g/mol. The Bertz CT molecular complexity index is 1130. The number of H-pyrrole nitrogens is 1. The number of aromatic nitrogens is 5. The molecule has 0 unspecified atom stereocenters. The highest BCUT2D eigenvalue weighted by Crippen LogP contribution is 2.33. The van der Waals surface area contributed by atoms with Crippen molar-refractivity contribution < 1.29 is 5.11 Å². The minimum absolute atomic E-state index is 0.00788. The lowest BCUT2D eigenvalue weighted by atomic mass is 10.0. The predicted octanol–water partition coefficient (Wildman–Crippen LogP) is 3.97. The van der Waals surface area contributed by atoms with Crippen molar-refractivity contribution in [2.75, 3.05) is 13.2 Å². The van der Waals surface area contributed by atoms with E-state index in [0.29, 0.717) is 25.6 Å². The zero-order chi connectivity index (χ0) is 23.4. The minimum atomic E-state index is -0.0610. The number of hydrogen-bond donors (Lipinski definition) is 2. The van der Waals surface area contributed by atoms with Crippen LogP contribution in [0.15, 0.2) is 23.0 Å². The van der Waals surface area contributed by atoms with Gasteiger partial charge >= 0.3 is 0 Å². The summed E-state index contributed by atoms with van der Waals surface area (Å²) in [7, 11) is 0. The largest absolute Gasteiger partial charge is 0.396 e. The van der Waals surface area contributed by atoms with Gasteiger partial charge in [-0.15, -0.1) is 5.10 Å². The maximum atomic E-state index is 13.0. The van der Waals surface area contributed by atoms with Crippen LogP contribution in [-0.4, -0.2) is 48.3 Å². The van der Waals surface area contributed by atoms with Gasteiger partial charge < -0.3 is 10.1 Å². The summed E-state index contributed by atoms with van der Waals surface area (Å²) in [4.78, 5) is 18.4. The molecule has 33 heavy (non-hydrogen) atoms. The summed E-state index contributed by atoms with van der Waals surface area (Å²) in [5.41, 5.74) is 3.81. The Morgan fingerprint density at radius 1 is 1.24 bits per heavy atom. The molecule has 2 N–H and O–H groups in total. The molecule has 2 heterocycles. The van der Waals surface area contributed by atoms with Gasteiger partial charge in [-0.25, -0.2) is 4.68 Å². The molecule has 1 fully saturated rings. The molecule has 0 radical (unpaired) electrons. The van der Waals surface area contributed by atoms with Crippen LogP contribution < -0.4 is 5.56 Å². The highest BCUT2D eigenvalue weighted by atomic mass is 16.3. The van der Waals surface area contributed by atoms with E-state index in [0.717, 1.165) is 53.5 Å². The number of nitrogens with one attached hydrogen (secondary N) is 1. The van der Waals surface area contributed by atoms with Gasteiger partial charge in [-0.05, 0) is 73.0 Å². The average molecular weight is 453 g/mol. The van der Waals surface area contributed by atoms with Crippen molar-refractivity contribution in [3.8, 4) is 0 Å². The van der Waals surface area contributed by atoms with Gasteiger partial charge in [-0.1, -0.05) is 37.8 Å². The van der Waals surface area contributed by atoms with Crippen molar-refractivity contribution in [2.45, 2.75) is 84.3 Å². The van der Waals surface area contributed by atoms with E-state index in [1.54, 1.807) is 0 Å². The third kappa shape index (κ3) is 5.17. The van der Waals surface area contributed by atoms with Crippen LogP contribution in [0.3, 0.4) is 0 Å². The van der Waals surface area contributed by atoms with Crippen LogP contribution in [0.4, 0.5) is 0 Å². The molecule has 1 aliphatic carbocycles. The van der Waals surface area contributed by atoms with Crippen LogP contribution in [0.2, 0.25) is 0 Å². The first-order chi connectivity index (χ1) is 16.0. The normalized spacial score (nSPS) is 15.7. The van der Waals surface area contributed by atoms with Gasteiger partial charge in [0.2, 0.25) is 0 Å². The molecule has 1 aromatic carbocycles. The van der Waals surface area contributed by atoms with Crippen molar-refractivity contribution in [1.29, 1.82) is 0 Å². The molecule has 0 aliphatic heterocycles. The molecule has 0 spiro atoms. The number of benzene rings is 1. The first kappa shape index (κ1) is 23.6. The molecule has 0 amide bonds. The summed E-state index contributed by atoms with van der Waals surface area (Å²) in [6, 6.07) is 6.56. The van der Waals surface area contributed by atoms with Crippen molar-refractivity contribution in [1.82, 2.24) is 30.1 Å². The molecule has 2 aromatic heterocycles. The van der Waals surface area contributed by atoms with E-state index < -0.39 is 0 Å². The Kier molecular flexibility index (Phi) is 7.55. The third-order valence-electron chi connectivity index (χ3n) is 6.84. The molecule has 1 saturated carbocycles. The Balaban J connectivity index is 1.70. The molecule has 0 saturated heterocycles. The molecule has 0 bridgehead atoms. The molecule has 3 aromatic rings. The molecular formula is C25H36N6O2. The number of aliphatic hydroxyl groups excluding tert-OH is 1. The summed E-state index contributed by atoms with van der Waals surface area (Å²) in [6.45, 7) is 7.53. The van der Waals surface area contributed by atoms with Crippen LogP contribution in [-0.2, 0) is 6.54 Å². The lowest BCUT2D eigenvalue weighted by Gasteiger charge is -2.31. The van der Waals surface area contributed by atoms with Crippen LogP contribution in [0.5, 0.6) is 0 Å². The maximum Gasteiger partial charge on any atom is 0.252 e. The fourth-order valence-corrected chi connectivity index (χ4v) is 5.26. The van der Waals surface area contributed by atoms with Gasteiger partial charge in [0, 0.05) is 25.3 Å². The van der Waals surface area contributed by atoms with Crippen molar-refractivity contribution in [3.63, 3.8) is 0 Å². The van der Waals surface area contributed by atoms with E-state index in [2.05, 4.69) is 51.4 Å². The molecule has 1 atom stereocenters. The van der Waals surface area contributed by atoms with Crippen molar-refractivity contribution >= 4 is 10.9 Å². The highest BCUT2D eigenvalue weighted by molar-refractivity contribution is 5.82. The summed E-state index contributed by atoms with van der Waals surface area (Å²) in [5, 5.41) is 23.5. The van der Waals surface area contributed by atoms with E-state index in [1.807, 2.05) is 17.7 Å². The molecule has 178 valence electrons. The van der Waals surface area contributed by atoms with Crippen LogP contribution in [0.1, 0.15) is 86.5 Å². The van der Waals surface area contributed by atoms with E-state index in [9.17, 15) is 9.90 Å². The van der Waals surface area contributed by atoms with Gasteiger partial charge in [-0.2, -0.15) is 0 Å². The second kappa shape index (κ2) is 10.6. The highest BCUT2D eigenvalue weighted by Gasteiger charge is 2.30. The smallest absolute Gasteiger partial charge is 0.252 e. The Hall–Kier alpha value is -2.58. The number of aryl methyl sites for hydroxylation is 2. The fourth-order valence-electron chi connectivity index (χ4n) is 5.26. The van der Waals surface area contributed by atoms with Crippen LogP contribution in [0, 0.1) is 13.8 Å². The van der Waals surface area contributed by atoms with Crippen molar-refractivity contribution in [3.05, 3.63) is 51.1 Å². The topological polar surface area (TPSA) is 99.9 Å². The van der Waals surface area contributed by atoms with Gasteiger partial charge in [0.05, 0.1) is 17.6 Å². The SMILES string of the molecule is CCC[C@@H](c1nnnn1C1CCCC1)N(CCCO)Cc1cc2cc(C)cc(C)c2[nH]c1=O. The summed E-state index contributed by atoms with van der Waals surface area (Å²) in [5.74, 6) is 0.880. The summed E-state index contributed by atoms with van der Waals surface area (Å²) < 4.78 is 2.02. The first-order valence-electron chi connectivity index (χ1n) is 12.3. The summed E-state index contributed by atoms with van der Waals surface area (Å²) >= 11 is 0. The second-order valence-corrected chi connectivity index (χ2v) is 9.44. The quantitative estimate of drug-likeness (QED) is 0.483. The molecule has 8 heteroatoms.